The van der Waals surface area contributed by atoms with Crippen molar-refractivity contribution in [2.75, 3.05) is 12.4 Å². The van der Waals surface area contributed by atoms with Gasteiger partial charge in [0.1, 0.15) is 0 Å². The van der Waals surface area contributed by atoms with Crippen molar-refractivity contribution in [1.82, 2.24) is 5.32 Å². The van der Waals surface area contributed by atoms with Gasteiger partial charge in [-0.1, -0.05) is 36.4 Å². The zero-order valence-electron chi connectivity index (χ0n) is 10.6. The molecule has 2 N–H and O–H groups in total. The van der Waals surface area contributed by atoms with Gasteiger partial charge in [-0.15, -0.1) is 0 Å². The van der Waals surface area contributed by atoms with Crippen LogP contribution in [0.15, 0.2) is 54.6 Å². The summed E-state index contributed by atoms with van der Waals surface area (Å²) in [6.07, 6.45) is 0. The zero-order chi connectivity index (χ0) is 13.2. The van der Waals surface area contributed by atoms with Crippen LogP contribution in [0.3, 0.4) is 0 Å². The van der Waals surface area contributed by atoms with Crippen molar-refractivity contribution in [3.63, 3.8) is 0 Å². The van der Waals surface area contributed by atoms with Gasteiger partial charge in [-0.2, -0.15) is 0 Å². The Morgan fingerprint density at radius 1 is 0.895 bits per heavy atom. The Morgan fingerprint density at radius 2 is 1.58 bits per heavy atom. The highest BCUT2D eigenvalue weighted by molar-refractivity contribution is 7.80. The van der Waals surface area contributed by atoms with Gasteiger partial charge in [0.15, 0.2) is 5.11 Å². The highest BCUT2D eigenvalue weighted by atomic mass is 32.1. The Bertz CT molecular complexity index is 765. The molecule has 0 fully saturated rings. The summed E-state index contributed by atoms with van der Waals surface area (Å²) in [4.78, 5) is 0. The minimum absolute atomic E-state index is 0.626. The summed E-state index contributed by atoms with van der Waals surface area (Å²) >= 11 is 5.17. The van der Waals surface area contributed by atoms with Crippen molar-refractivity contribution in [3.8, 4) is 0 Å². The number of fused-ring (bicyclic) bond motifs is 2. The lowest BCUT2D eigenvalue weighted by molar-refractivity contribution is 1.20. The lowest BCUT2D eigenvalue weighted by Gasteiger charge is -2.11. The molecule has 3 aromatic rings. The van der Waals surface area contributed by atoms with E-state index in [1.807, 2.05) is 19.2 Å². The highest BCUT2D eigenvalue weighted by Crippen LogP contribution is 2.28. The molecule has 94 valence electrons. The standard InChI is InChI=1S/C16H14N2S/c1-17-16(19)18-15-8-4-7-13-9-11-5-2-3-6-12(11)10-14(13)15/h2-10H,1H3,(H2,17,18,19). The first kappa shape index (κ1) is 11.9. The number of nitrogens with one attached hydrogen (secondary N) is 2. The van der Waals surface area contributed by atoms with Gasteiger partial charge in [0.25, 0.3) is 0 Å². The number of hydrogen-bond acceptors (Lipinski definition) is 1. The molecule has 2 nitrogen and oxygen atoms in total. The predicted octanol–water partition coefficient (Wildman–Crippen LogP) is 3.91. The minimum atomic E-state index is 0.626. The molecular formula is C16H14N2S. The lowest BCUT2D eigenvalue weighted by atomic mass is 10.0. The van der Waals surface area contributed by atoms with Gasteiger partial charge in [-0.25, -0.2) is 0 Å². The van der Waals surface area contributed by atoms with E-state index in [2.05, 4.69) is 53.1 Å². The maximum atomic E-state index is 5.17. The Kier molecular flexibility index (Phi) is 3.05. The van der Waals surface area contributed by atoms with E-state index in [0.29, 0.717) is 5.11 Å². The van der Waals surface area contributed by atoms with Gasteiger partial charge >= 0.3 is 0 Å². The molecule has 0 spiro atoms. The molecule has 0 radical (unpaired) electrons. The summed E-state index contributed by atoms with van der Waals surface area (Å²) in [5.41, 5.74) is 1.03. The third kappa shape index (κ3) is 2.25. The second-order valence-electron chi connectivity index (χ2n) is 4.43. The van der Waals surface area contributed by atoms with Gasteiger partial charge in [0, 0.05) is 18.1 Å². The van der Waals surface area contributed by atoms with E-state index in [-0.39, 0.29) is 0 Å². The van der Waals surface area contributed by atoms with Crippen molar-refractivity contribution < 1.29 is 0 Å². The maximum Gasteiger partial charge on any atom is 0.170 e. The van der Waals surface area contributed by atoms with Crippen LogP contribution in [0.5, 0.6) is 0 Å². The Morgan fingerprint density at radius 3 is 2.32 bits per heavy atom. The van der Waals surface area contributed by atoms with Crippen LogP contribution >= 0.6 is 12.2 Å². The van der Waals surface area contributed by atoms with Crippen LogP contribution in [0.2, 0.25) is 0 Å². The highest BCUT2D eigenvalue weighted by Gasteiger charge is 2.03. The van der Waals surface area contributed by atoms with Crippen molar-refractivity contribution in [3.05, 3.63) is 54.6 Å². The van der Waals surface area contributed by atoms with Gasteiger partial charge in [-0.3, -0.25) is 0 Å². The summed E-state index contributed by atoms with van der Waals surface area (Å²) in [7, 11) is 1.82. The quantitative estimate of drug-likeness (QED) is 0.516. The molecule has 0 atom stereocenters. The second kappa shape index (κ2) is 4.86. The molecule has 0 aliphatic heterocycles. The van der Waals surface area contributed by atoms with Gasteiger partial charge < -0.3 is 10.6 Å². The molecule has 3 aromatic carbocycles. The van der Waals surface area contributed by atoms with Crippen LogP contribution in [-0.4, -0.2) is 12.2 Å². The van der Waals surface area contributed by atoms with Crippen LogP contribution in [0.25, 0.3) is 21.5 Å². The van der Waals surface area contributed by atoms with E-state index in [1.165, 1.54) is 21.5 Å². The SMILES string of the molecule is CNC(=S)Nc1cccc2cc3ccccc3cc12. The first-order valence-corrected chi connectivity index (χ1v) is 6.59. The fourth-order valence-corrected chi connectivity index (χ4v) is 2.37. The molecule has 0 unspecified atom stereocenters. The molecule has 0 amide bonds. The van der Waals surface area contributed by atoms with E-state index in [0.717, 1.165) is 5.69 Å². The van der Waals surface area contributed by atoms with E-state index in [1.54, 1.807) is 0 Å². The first-order valence-electron chi connectivity index (χ1n) is 6.18. The molecule has 0 aliphatic carbocycles. The number of rotatable bonds is 1. The third-order valence-electron chi connectivity index (χ3n) is 3.22. The van der Waals surface area contributed by atoms with Gasteiger partial charge in [0.05, 0.1) is 0 Å². The van der Waals surface area contributed by atoms with Gasteiger partial charge in [0.2, 0.25) is 0 Å². The molecular weight excluding hydrogens is 252 g/mol. The fourth-order valence-electron chi connectivity index (χ4n) is 2.26. The lowest BCUT2D eigenvalue weighted by Crippen LogP contribution is -2.24. The summed E-state index contributed by atoms with van der Waals surface area (Å²) in [6, 6.07) is 19.0. The molecule has 0 bridgehead atoms. The van der Waals surface area contributed by atoms with E-state index < -0.39 is 0 Å². The molecule has 19 heavy (non-hydrogen) atoms. The van der Waals surface area contributed by atoms with Crippen LogP contribution in [0.4, 0.5) is 5.69 Å². The normalized spacial score (nSPS) is 10.6. The van der Waals surface area contributed by atoms with Crippen LogP contribution < -0.4 is 10.6 Å². The molecule has 0 heterocycles. The molecule has 3 heteroatoms. The average molecular weight is 266 g/mol. The van der Waals surface area contributed by atoms with E-state index in [4.69, 9.17) is 12.2 Å². The first-order chi connectivity index (χ1) is 9.28. The Hall–Kier alpha value is -2.13. The average Bonchev–Trinajstić information content (AvgIpc) is 2.45. The zero-order valence-corrected chi connectivity index (χ0v) is 11.4. The Balaban J connectivity index is 2.23. The summed E-state index contributed by atoms with van der Waals surface area (Å²) < 4.78 is 0. The predicted molar refractivity (Wildman–Crippen MR) is 86.7 cm³/mol. The number of thiocarbonyl (C=S) groups is 1. The molecule has 0 saturated carbocycles. The molecule has 3 rings (SSSR count). The number of hydrogen-bond donors (Lipinski definition) is 2. The minimum Gasteiger partial charge on any atom is -0.366 e. The maximum absolute atomic E-state index is 5.17. The Labute approximate surface area is 117 Å². The summed E-state index contributed by atoms with van der Waals surface area (Å²) in [5.74, 6) is 0. The molecule has 0 aliphatic rings. The monoisotopic (exact) mass is 266 g/mol. The van der Waals surface area contributed by atoms with Gasteiger partial charge in [-0.05, 0) is 46.6 Å². The number of benzene rings is 3. The van der Waals surface area contributed by atoms with Crippen LogP contribution in [-0.2, 0) is 0 Å². The smallest absolute Gasteiger partial charge is 0.170 e. The molecule has 0 saturated heterocycles. The molecule has 0 aromatic heterocycles. The number of anilines is 1. The van der Waals surface area contributed by atoms with Crippen LogP contribution in [0, 0.1) is 0 Å². The van der Waals surface area contributed by atoms with Crippen LogP contribution in [0.1, 0.15) is 0 Å². The topological polar surface area (TPSA) is 24.1 Å². The van der Waals surface area contributed by atoms with Crippen molar-refractivity contribution in [2.45, 2.75) is 0 Å². The third-order valence-corrected chi connectivity index (χ3v) is 3.53. The fraction of sp³-hybridized carbons (Fsp3) is 0.0625. The van der Waals surface area contributed by atoms with Crippen molar-refractivity contribution in [1.29, 1.82) is 0 Å². The van der Waals surface area contributed by atoms with Crippen molar-refractivity contribution >= 4 is 44.6 Å². The second-order valence-corrected chi connectivity index (χ2v) is 4.84. The summed E-state index contributed by atoms with van der Waals surface area (Å²) in [5, 5.41) is 11.7. The largest absolute Gasteiger partial charge is 0.366 e. The van der Waals surface area contributed by atoms with E-state index >= 15 is 0 Å². The van der Waals surface area contributed by atoms with E-state index in [9.17, 15) is 0 Å². The summed E-state index contributed by atoms with van der Waals surface area (Å²) in [6.45, 7) is 0. The van der Waals surface area contributed by atoms with Crippen molar-refractivity contribution in [2.24, 2.45) is 0 Å².